The fourth-order valence-electron chi connectivity index (χ4n) is 3.99. The highest BCUT2D eigenvalue weighted by Crippen LogP contribution is 2.32. The average Bonchev–Trinajstić information content (AvgIpc) is 3.49. The van der Waals surface area contributed by atoms with E-state index in [-0.39, 0.29) is 5.78 Å². The predicted octanol–water partition coefficient (Wildman–Crippen LogP) is 6.79. The number of Topliss-reactive ketones (excluding diaryl/α,β-unsaturated/α-hetero) is 1. The second-order valence-corrected chi connectivity index (χ2v) is 10.1. The van der Waals surface area contributed by atoms with Crippen molar-refractivity contribution in [3.8, 4) is 5.69 Å². The van der Waals surface area contributed by atoms with Gasteiger partial charge in [0.25, 0.3) is 5.91 Å². The number of anilines is 1. The number of aromatic nitrogens is 2. The molecule has 5 aromatic rings. The van der Waals surface area contributed by atoms with Crippen LogP contribution in [0.25, 0.3) is 15.9 Å². The van der Waals surface area contributed by atoms with Crippen LogP contribution in [0.1, 0.15) is 44.3 Å². The molecular formula is C29H22ClN3O4S. The number of carbonyl (C=O) groups excluding carboxylic acids is 3. The van der Waals surface area contributed by atoms with Crippen LogP contribution >= 0.6 is 22.9 Å². The number of nitrogens with zero attached hydrogens (tertiary/aromatic N) is 2. The highest BCUT2D eigenvalue weighted by Gasteiger charge is 2.27. The van der Waals surface area contributed by atoms with Crippen LogP contribution in [0.3, 0.4) is 0 Å². The summed E-state index contributed by atoms with van der Waals surface area (Å²) in [5, 5.41) is 8.80. The zero-order chi connectivity index (χ0) is 26.8. The number of esters is 1. The average molecular weight is 544 g/mol. The van der Waals surface area contributed by atoms with Crippen LogP contribution in [0.5, 0.6) is 0 Å². The van der Waals surface area contributed by atoms with Gasteiger partial charge in [0.2, 0.25) is 6.10 Å². The minimum Gasteiger partial charge on any atom is -0.443 e. The van der Waals surface area contributed by atoms with Crippen LogP contribution in [0.2, 0.25) is 5.02 Å². The lowest BCUT2D eigenvalue weighted by Gasteiger charge is -2.18. The molecule has 0 aliphatic carbocycles. The Labute approximate surface area is 227 Å². The first-order valence-corrected chi connectivity index (χ1v) is 12.9. The van der Waals surface area contributed by atoms with Crippen molar-refractivity contribution in [3.63, 3.8) is 0 Å². The molecule has 1 amide bonds. The van der Waals surface area contributed by atoms with Crippen LogP contribution < -0.4 is 5.32 Å². The largest absolute Gasteiger partial charge is 0.443 e. The predicted molar refractivity (Wildman–Crippen MR) is 148 cm³/mol. The Morgan fingerprint density at radius 3 is 2.42 bits per heavy atom. The molecule has 9 heteroatoms. The van der Waals surface area contributed by atoms with Crippen LogP contribution in [0, 0.1) is 6.92 Å². The highest BCUT2D eigenvalue weighted by atomic mass is 35.5. The molecule has 0 aliphatic rings. The molecule has 190 valence electrons. The number of fused-ring (bicyclic) bond motifs is 1. The fraction of sp³-hybridized carbons (Fsp3) is 0.103. The lowest BCUT2D eigenvalue weighted by Crippen LogP contribution is -2.25. The van der Waals surface area contributed by atoms with Gasteiger partial charge in [-0.1, -0.05) is 54.1 Å². The van der Waals surface area contributed by atoms with Gasteiger partial charge in [-0.05, 0) is 56.3 Å². The molecule has 7 nitrogen and oxygen atoms in total. The maximum absolute atomic E-state index is 13.3. The summed E-state index contributed by atoms with van der Waals surface area (Å²) < 4.78 is 7.54. The summed E-state index contributed by atoms with van der Waals surface area (Å²) in [4.78, 5) is 39.5. The fourth-order valence-corrected chi connectivity index (χ4v) is 5.19. The first-order valence-electron chi connectivity index (χ1n) is 11.7. The van der Waals surface area contributed by atoms with E-state index in [2.05, 4.69) is 10.4 Å². The van der Waals surface area contributed by atoms with Crippen molar-refractivity contribution in [2.24, 2.45) is 0 Å². The van der Waals surface area contributed by atoms with Crippen molar-refractivity contribution < 1.29 is 19.1 Å². The van der Waals surface area contributed by atoms with Gasteiger partial charge in [0.15, 0.2) is 5.78 Å². The van der Waals surface area contributed by atoms with E-state index in [0.717, 1.165) is 21.6 Å². The Bertz CT molecular complexity index is 1660. The lowest BCUT2D eigenvalue weighted by molar-refractivity contribution is -0.125. The van der Waals surface area contributed by atoms with Gasteiger partial charge >= 0.3 is 5.97 Å². The number of hydrogen-bond acceptors (Lipinski definition) is 6. The highest BCUT2D eigenvalue weighted by molar-refractivity contribution is 7.20. The second-order valence-electron chi connectivity index (χ2n) is 8.63. The first kappa shape index (κ1) is 25.4. The number of aryl methyl sites for hydroxylation is 1. The zero-order valence-electron chi connectivity index (χ0n) is 20.5. The van der Waals surface area contributed by atoms with E-state index in [1.165, 1.54) is 18.3 Å². The number of thiophene rings is 1. The molecule has 1 N–H and O–H groups in total. The number of carbonyl (C=O) groups is 3. The number of benzene rings is 3. The summed E-state index contributed by atoms with van der Waals surface area (Å²) >= 11 is 7.26. The third-order valence-corrected chi connectivity index (χ3v) is 7.26. The van der Waals surface area contributed by atoms with E-state index < -0.39 is 18.0 Å². The number of nitrogens with one attached hydrogen (secondary N) is 1. The molecule has 2 heterocycles. The van der Waals surface area contributed by atoms with Crippen LogP contribution in [-0.2, 0) is 9.53 Å². The summed E-state index contributed by atoms with van der Waals surface area (Å²) in [6, 6.07) is 24.4. The quantitative estimate of drug-likeness (QED) is 0.180. The van der Waals surface area contributed by atoms with Crippen molar-refractivity contribution in [1.29, 1.82) is 0 Å². The Morgan fingerprint density at radius 2 is 1.71 bits per heavy atom. The number of ketones is 1. The Kier molecular flexibility index (Phi) is 7.09. The van der Waals surface area contributed by atoms with E-state index in [0.29, 0.717) is 26.7 Å². The van der Waals surface area contributed by atoms with Crippen molar-refractivity contribution in [2.75, 3.05) is 5.32 Å². The Hall–Kier alpha value is -4.27. The monoisotopic (exact) mass is 543 g/mol. The molecule has 0 radical (unpaired) electrons. The first-order chi connectivity index (χ1) is 18.3. The van der Waals surface area contributed by atoms with Crippen LogP contribution in [0.15, 0.2) is 84.9 Å². The molecule has 3 aromatic carbocycles. The maximum Gasteiger partial charge on any atom is 0.349 e. The minimum atomic E-state index is -1.20. The number of amides is 1. The molecule has 0 saturated carbocycles. The molecular weight excluding hydrogens is 522 g/mol. The second kappa shape index (κ2) is 10.6. The molecule has 0 bridgehead atoms. The van der Waals surface area contributed by atoms with E-state index in [1.807, 2.05) is 25.1 Å². The number of ether oxygens (including phenoxy) is 1. The standard InChI is InChI=1S/C29H22ClN3O4S/c1-17-24-16-25(38-28(24)33(32-17)23-13-11-21(30)12-14-23)29(36)37-26(19-7-4-3-5-8-19)27(35)31-22-10-6-9-20(15-22)18(2)34/h3-16,26H,1-2H3,(H,31,35)/t26-/m1/s1. The number of rotatable bonds is 7. The molecule has 0 fully saturated rings. The molecule has 0 saturated heterocycles. The summed E-state index contributed by atoms with van der Waals surface area (Å²) in [6.45, 7) is 3.32. The van der Waals surface area contributed by atoms with Crippen molar-refractivity contribution in [3.05, 3.63) is 112 Å². The molecule has 0 aliphatic heterocycles. The van der Waals surface area contributed by atoms with Gasteiger partial charge < -0.3 is 10.1 Å². The Balaban J connectivity index is 1.44. The topological polar surface area (TPSA) is 90.3 Å². The van der Waals surface area contributed by atoms with Crippen LogP contribution in [-0.4, -0.2) is 27.4 Å². The summed E-state index contributed by atoms with van der Waals surface area (Å²) in [7, 11) is 0. The van der Waals surface area contributed by atoms with Gasteiger partial charge in [-0.3, -0.25) is 9.59 Å². The van der Waals surface area contributed by atoms with Gasteiger partial charge in [0.1, 0.15) is 9.71 Å². The molecule has 0 unspecified atom stereocenters. The van der Waals surface area contributed by atoms with Gasteiger partial charge in [-0.15, -0.1) is 11.3 Å². The molecule has 0 spiro atoms. The SMILES string of the molecule is CC(=O)c1cccc(NC(=O)[C@H](OC(=O)c2cc3c(C)nn(-c4ccc(Cl)cc4)c3s2)c2ccccc2)c1. The van der Waals surface area contributed by atoms with E-state index >= 15 is 0 Å². The van der Waals surface area contributed by atoms with Gasteiger partial charge in [-0.25, -0.2) is 9.48 Å². The van der Waals surface area contributed by atoms with Crippen molar-refractivity contribution in [1.82, 2.24) is 9.78 Å². The van der Waals surface area contributed by atoms with E-state index in [1.54, 1.807) is 71.4 Å². The van der Waals surface area contributed by atoms with Gasteiger partial charge in [0.05, 0.1) is 11.4 Å². The summed E-state index contributed by atoms with van der Waals surface area (Å²) in [5.41, 5.74) is 2.98. The number of halogens is 1. The lowest BCUT2D eigenvalue weighted by atomic mass is 10.1. The van der Waals surface area contributed by atoms with Gasteiger partial charge in [0, 0.05) is 27.2 Å². The minimum absolute atomic E-state index is 0.121. The summed E-state index contributed by atoms with van der Waals surface area (Å²) in [6.07, 6.45) is -1.20. The molecule has 2 aromatic heterocycles. The smallest absolute Gasteiger partial charge is 0.349 e. The normalized spacial score (nSPS) is 11.8. The Morgan fingerprint density at radius 1 is 0.974 bits per heavy atom. The van der Waals surface area contributed by atoms with Crippen LogP contribution in [0.4, 0.5) is 5.69 Å². The maximum atomic E-state index is 13.3. The van der Waals surface area contributed by atoms with Crippen molar-refractivity contribution >= 4 is 56.5 Å². The van der Waals surface area contributed by atoms with E-state index in [4.69, 9.17) is 16.3 Å². The summed E-state index contributed by atoms with van der Waals surface area (Å²) in [5.74, 6) is -1.28. The third kappa shape index (κ3) is 5.22. The van der Waals surface area contributed by atoms with Crippen molar-refractivity contribution in [2.45, 2.75) is 20.0 Å². The van der Waals surface area contributed by atoms with E-state index in [9.17, 15) is 14.4 Å². The molecule has 38 heavy (non-hydrogen) atoms. The number of hydrogen-bond donors (Lipinski definition) is 1. The molecule has 1 atom stereocenters. The third-order valence-electron chi connectivity index (χ3n) is 5.92. The zero-order valence-corrected chi connectivity index (χ0v) is 22.0. The molecule has 5 rings (SSSR count). The van der Waals surface area contributed by atoms with Gasteiger partial charge in [-0.2, -0.15) is 5.10 Å².